The Kier molecular flexibility index (Phi) is 4.37. The standard InChI is InChI=1S/C8H4Cl2F5NO/c9-2-4-6(7(11)12)3(10)1-5(16-4)17-8(13,14)15/h1,7H,2H2. The lowest BCUT2D eigenvalue weighted by molar-refractivity contribution is -0.276. The Morgan fingerprint density at radius 2 is 1.94 bits per heavy atom. The first-order valence-electron chi connectivity index (χ1n) is 4.03. The topological polar surface area (TPSA) is 22.1 Å². The molecule has 96 valence electrons. The van der Waals surface area contributed by atoms with E-state index in [4.69, 9.17) is 23.2 Å². The molecule has 0 atom stereocenters. The van der Waals surface area contributed by atoms with Crippen molar-refractivity contribution in [2.24, 2.45) is 0 Å². The molecule has 0 bridgehead atoms. The first-order chi connectivity index (χ1) is 7.74. The van der Waals surface area contributed by atoms with E-state index in [0.29, 0.717) is 6.07 Å². The summed E-state index contributed by atoms with van der Waals surface area (Å²) in [4.78, 5) is 3.22. The van der Waals surface area contributed by atoms with Crippen LogP contribution in [0.15, 0.2) is 6.07 Å². The van der Waals surface area contributed by atoms with Crippen LogP contribution in [0.5, 0.6) is 5.88 Å². The maximum atomic E-state index is 12.5. The van der Waals surface area contributed by atoms with Crippen molar-refractivity contribution in [3.05, 3.63) is 22.3 Å². The Balaban J connectivity index is 3.18. The van der Waals surface area contributed by atoms with E-state index in [9.17, 15) is 22.0 Å². The molecule has 0 N–H and O–H groups in total. The van der Waals surface area contributed by atoms with Crippen LogP contribution in [0.2, 0.25) is 5.02 Å². The molecule has 0 aliphatic rings. The summed E-state index contributed by atoms with van der Waals surface area (Å²) in [6.07, 6.45) is -7.96. The van der Waals surface area contributed by atoms with Crippen LogP contribution >= 0.6 is 23.2 Å². The summed E-state index contributed by atoms with van der Waals surface area (Å²) in [5.41, 5.74) is -1.15. The van der Waals surface area contributed by atoms with Crippen molar-refractivity contribution in [3.8, 4) is 5.88 Å². The van der Waals surface area contributed by atoms with Crippen LogP contribution in [0.3, 0.4) is 0 Å². The summed E-state index contributed by atoms with van der Waals surface area (Å²) in [6, 6.07) is 0.562. The first kappa shape index (κ1) is 14.2. The maximum absolute atomic E-state index is 12.5. The van der Waals surface area contributed by atoms with Gasteiger partial charge in [0.15, 0.2) is 0 Å². The third kappa shape index (κ3) is 3.85. The molecule has 9 heteroatoms. The second-order valence-corrected chi connectivity index (χ2v) is 3.46. The molecular weight excluding hydrogens is 292 g/mol. The zero-order valence-corrected chi connectivity index (χ0v) is 9.37. The maximum Gasteiger partial charge on any atom is 0.574 e. The number of hydrogen-bond donors (Lipinski definition) is 0. The van der Waals surface area contributed by atoms with Crippen molar-refractivity contribution in [2.75, 3.05) is 0 Å². The van der Waals surface area contributed by atoms with E-state index in [-0.39, 0.29) is 0 Å². The number of halogens is 7. The Bertz CT molecular complexity index is 410. The van der Waals surface area contributed by atoms with Crippen molar-refractivity contribution in [2.45, 2.75) is 18.7 Å². The summed E-state index contributed by atoms with van der Waals surface area (Å²) >= 11 is 10.7. The minimum absolute atomic E-state index is 0.451. The molecule has 0 aromatic carbocycles. The third-order valence-corrected chi connectivity index (χ3v) is 2.19. The summed E-state index contributed by atoms with van der Waals surface area (Å²) in [6.45, 7) is 0. The summed E-state index contributed by atoms with van der Waals surface area (Å²) in [5.74, 6) is -1.43. The largest absolute Gasteiger partial charge is 0.574 e. The average Bonchev–Trinajstić information content (AvgIpc) is 2.12. The molecule has 1 rings (SSSR count). The van der Waals surface area contributed by atoms with E-state index < -0.39 is 40.8 Å². The van der Waals surface area contributed by atoms with Crippen molar-refractivity contribution in [1.82, 2.24) is 4.98 Å². The molecule has 2 nitrogen and oxygen atoms in total. The zero-order chi connectivity index (χ0) is 13.2. The smallest absolute Gasteiger partial charge is 0.388 e. The van der Waals surface area contributed by atoms with E-state index in [0.717, 1.165) is 0 Å². The molecule has 0 fully saturated rings. The molecule has 0 spiro atoms. The van der Waals surface area contributed by atoms with Gasteiger partial charge in [-0.25, -0.2) is 13.8 Å². The fourth-order valence-electron chi connectivity index (χ4n) is 1.05. The van der Waals surface area contributed by atoms with Gasteiger partial charge in [-0.15, -0.1) is 24.8 Å². The highest BCUT2D eigenvalue weighted by Crippen LogP contribution is 2.34. The van der Waals surface area contributed by atoms with E-state index in [2.05, 4.69) is 9.72 Å². The number of aromatic nitrogens is 1. The van der Waals surface area contributed by atoms with Gasteiger partial charge in [-0.3, -0.25) is 0 Å². The second kappa shape index (κ2) is 5.22. The molecule has 0 aliphatic heterocycles. The van der Waals surface area contributed by atoms with Gasteiger partial charge in [0.25, 0.3) is 6.43 Å². The second-order valence-electron chi connectivity index (χ2n) is 2.78. The van der Waals surface area contributed by atoms with Gasteiger partial charge in [-0.2, -0.15) is 0 Å². The van der Waals surface area contributed by atoms with E-state index in [1.807, 2.05) is 0 Å². The van der Waals surface area contributed by atoms with Crippen molar-refractivity contribution in [3.63, 3.8) is 0 Å². The average molecular weight is 296 g/mol. The highest BCUT2D eigenvalue weighted by atomic mass is 35.5. The lowest BCUT2D eigenvalue weighted by atomic mass is 10.2. The minimum Gasteiger partial charge on any atom is -0.388 e. The molecule has 0 unspecified atom stereocenters. The van der Waals surface area contributed by atoms with E-state index >= 15 is 0 Å². The molecule has 0 saturated heterocycles. The number of hydrogen-bond acceptors (Lipinski definition) is 2. The highest BCUT2D eigenvalue weighted by molar-refractivity contribution is 6.31. The molecule has 1 heterocycles. The molecule has 1 aromatic rings. The van der Waals surface area contributed by atoms with Crippen LogP contribution in [0.4, 0.5) is 22.0 Å². The molecule has 17 heavy (non-hydrogen) atoms. The van der Waals surface area contributed by atoms with Gasteiger partial charge in [0.1, 0.15) is 0 Å². The molecular formula is C8H4Cl2F5NO. The monoisotopic (exact) mass is 295 g/mol. The Labute approximate surface area is 102 Å². The third-order valence-electron chi connectivity index (χ3n) is 1.63. The molecule has 0 radical (unpaired) electrons. The van der Waals surface area contributed by atoms with Gasteiger partial charge in [0, 0.05) is 6.07 Å². The molecule has 1 aromatic heterocycles. The van der Waals surface area contributed by atoms with Gasteiger partial charge in [0.05, 0.1) is 22.2 Å². The van der Waals surface area contributed by atoms with Gasteiger partial charge < -0.3 is 4.74 Å². The number of rotatable bonds is 3. The molecule has 0 saturated carbocycles. The Morgan fingerprint density at radius 3 is 2.35 bits per heavy atom. The van der Waals surface area contributed by atoms with Gasteiger partial charge >= 0.3 is 6.36 Å². The van der Waals surface area contributed by atoms with Crippen molar-refractivity contribution < 1.29 is 26.7 Å². The van der Waals surface area contributed by atoms with Gasteiger partial charge in [-0.05, 0) is 0 Å². The summed E-state index contributed by atoms with van der Waals surface area (Å²) < 4.78 is 64.1. The summed E-state index contributed by atoms with van der Waals surface area (Å²) in [7, 11) is 0. The number of nitrogens with zero attached hydrogens (tertiary/aromatic N) is 1. The number of alkyl halides is 6. The number of pyridine rings is 1. The van der Waals surface area contributed by atoms with E-state index in [1.54, 1.807) is 0 Å². The Hall–Kier alpha value is -0.820. The van der Waals surface area contributed by atoms with Crippen molar-refractivity contribution >= 4 is 23.2 Å². The minimum atomic E-state index is -4.98. The van der Waals surface area contributed by atoms with Crippen LogP contribution in [-0.4, -0.2) is 11.3 Å². The van der Waals surface area contributed by atoms with E-state index in [1.165, 1.54) is 0 Å². The van der Waals surface area contributed by atoms with Crippen LogP contribution < -0.4 is 4.74 Å². The molecule has 0 aliphatic carbocycles. The fourth-order valence-corrected chi connectivity index (χ4v) is 1.54. The number of ether oxygens (including phenoxy) is 1. The van der Waals surface area contributed by atoms with Crippen LogP contribution in [0, 0.1) is 0 Å². The van der Waals surface area contributed by atoms with Crippen LogP contribution in [0.1, 0.15) is 17.7 Å². The van der Waals surface area contributed by atoms with Crippen LogP contribution in [-0.2, 0) is 5.88 Å². The quantitative estimate of drug-likeness (QED) is 0.612. The lowest BCUT2D eigenvalue weighted by Crippen LogP contribution is -2.18. The van der Waals surface area contributed by atoms with Gasteiger partial charge in [0.2, 0.25) is 5.88 Å². The predicted molar refractivity (Wildman–Crippen MR) is 50.4 cm³/mol. The van der Waals surface area contributed by atoms with Crippen molar-refractivity contribution in [1.29, 1.82) is 0 Å². The SMILES string of the molecule is FC(F)c1c(Cl)cc(OC(F)(F)F)nc1CCl. The van der Waals surface area contributed by atoms with Crippen LogP contribution in [0.25, 0.3) is 0 Å². The van der Waals surface area contributed by atoms with Gasteiger partial charge in [-0.1, -0.05) is 11.6 Å². The predicted octanol–water partition coefficient (Wildman–Crippen LogP) is 4.31. The highest BCUT2D eigenvalue weighted by Gasteiger charge is 2.32. The normalized spacial score (nSPS) is 12.0. The first-order valence-corrected chi connectivity index (χ1v) is 4.95. The molecule has 0 amide bonds. The lowest BCUT2D eigenvalue weighted by Gasteiger charge is -2.12. The zero-order valence-electron chi connectivity index (χ0n) is 7.86. The summed E-state index contributed by atoms with van der Waals surface area (Å²) in [5, 5.41) is -0.579. The fraction of sp³-hybridized carbons (Fsp3) is 0.375. The Morgan fingerprint density at radius 1 is 1.35 bits per heavy atom.